The summed E-state index contributed by atoms with van der Waals surface area (Å²) in [4.78, 5) is 13.7. The number of likely N-dealkylation sites (N-methyl/N-ethyl adjacent to an activating group) is 1. The summed E-state index contributed by atoms with van der Waals surface area (Å²) in [6, 6.07) is 0.272. The zero-order valence-corrected chi connectivity index (χ0v) is 12.1. The number of hydrogen-bond acceptors (Lipinski definition) is 5. The third kappa shape index (κ3) is 4.14. The number of carbonyl (C=O) groups is 1. The van der Waals surface area contributed by atoms with Crippen LogP contribution in [-0.2, 0) is 14.3 Å². The van der Waals surface area contributed by atoms with Crippen molar-refractivity contribution in [2.24, 2.45) is 0 Å². The Labute approximate surface area is 115 Å². The summed E-state index contributed by atoms with van der Waals surface area (Å²) in [6.07, 6.45) is 2.19. The molecule has 1 rings (SSSR count). The van der Waals surface area contributed by atoms with Crippen LogP contribution in [0, 0.1) is 0 Å². The molecule has 0 saturated heterocycles. The van der Waals surface area contributed by atoms with Gasteiger partial charge in [0, 0.05) is 33.4 Å². The molecule has 112 valence electrons. The lowest BCUT2D eigenvalue weighted by molar-refractivity contribution is -0.144. The molecule has 0 aromatic carbocycles. The number of hydrogen-bond donors (Lipinski definition) is 2. The molecule has 0 amide bonds. The van der Waals surface area contributed by atoms with Gasteiger partial charge in [-0.05, 0) is 26.3 Å². The molecule has 0 aliphatic heterocycles. The first-order chi connectivity index (χ1) is 9.09. The van der Waals surface area contributed by atoms with Gasteiger partial charge in [-0.25, -0.2) is 0 Å². The molecule has 1 aliphatic rings. The summed E-state index contributed by atoms with van der Waals surface area (Å²) < 4.78 is 10.2. The van der Waals surface area contributed by atoms with Gasteiger partial charge in [0.15, 0.2) is 0 Å². The van der Waals surface area contributed by atoms with E-state index in [1.54, 1.807) is 21.3 Å². The van der Waals surface area contributed by atoms with Gasteiger partial charge in [0.1, 0.15) is 5.54 Å². The molecule has 1 fully saturated rings. The first-order valence-corrected chi connectivity index (χ1v) is 6.74. The highest BCUT2D eigenvalue weighted by Crippen LogP contribution is 2.33. The third-order valence-electron chi connectivity index (χ3n) is 4.06. The Hall–Kier alpha value is -0.690. The second-order valence-electron chi connectivity index (χ2n) is 5.06. The topological polar surface area (TPSA) is 71.0 Å². The highest BCUT2D eigenvalue weighted by molar-refractivity contribution is 5.79. The summed E-state index contributed by atoms with van der Waals surface area (Å²) in [6.45, 7) is 2.92. The van der Waals surface area contributed by atoms with Crippen LogP contribution in [-0.4, -0.2) is 75.1 Å². The smallest absolute Gasteiger partial charge is 0.323 e. The maximum Gasteiger partial charge on any atom is 0.323 e. The molecule has 2 unspecified atom stereocenters. The molecule has 0 radical (unpaired) electrons. The number of rotatable bonds is 9. The third-order valence-corrected chi connectivity index (χ3v) is 4.06. The van der Waals surface area contributed by atoms with Gasteiger partial charge in [-0.1, -0.05) is 0 Å². The lowest BCUT2D eigenvalue weighted by atomic mass is 9.98. The molecule has 0 spiro atoms. The van der Waals surface area contributed by atoms with Crippen molar-refractivity contribution in [3.63, 3.8) is 0 Å². The SMILES string of the molecule is CNC1(C(=O)O)CCC(N(CCOC)CCOC)C1. The van der Waals surface area contributed by atoms with Crippen molar-refractivity contribution >= 4 is 5.97 Å². The van der Waals surface area contributed by atoms with Crippen LogP contribution in [0.3, 0.4) is 0 Å². The van der Waals surface area contributed by atoms with Gasteiger partial charge < -0.3 is 19.9 Å². The predicted octanol–water partition coefficient (Wildman–Crippen LogP) is 0.177. The van der Waals surface area contributed by atoms with Crippen molar-refractivity contribution in [1.29, 1.82) is 0 Å². The fraction of sp³-hybridized carbons (Fsp3) is 0.923. The maximum absolute atomic E-state index is 11.4. The van der Waals surface area contributed by atoms with Crippen LogP contribution in [0.25, 0.3) is 0 Å². The molecule has 1 saturated carbocycles. The average Bonchev–Trinajstić information content (AvgIpc) is 2.84. The quantitative estimate of drug-likeness (QED) is 0.625. The van der Waals surface area contributed by atoms with E-state index in [0.717, 1.165) is 19.5 Å². The molecule has 0 aromatic heterocycles. The summed E-state index contributed by atoms with van der Waals surface area (Å²) in [5.41, 5.74) is -0.775. The Bertz CT molecular complexity index is 280. The lowest BCUT2D eigenvalue weighted by Gasteiger charge is -2.30. The minimum atomic E-state index is -0.775. The Morgan fingerprint density at radius 1 is 1.37 bits per heavy atom. The van der Waals surface area contributed by atoms with Crippen LogP contribution in [0.4, 0.5) is 0 Å². The number of carboxylic acids is 1. The van der Waals surface area contributed by atoms with E-state index in [1.807, 2.05) is 0 Å². The van der Waals surface area contributed by atoms with E-state index in [2.05, 4.69) is 10.2 Å². The van der Waals surface area contributed by atoms with Crippen LogP contribution < -0.4 is 5.32 Å². The second kappa shape index (κ2) is 7.79. The number of nitrogens with zero attached hydrogens (tertiary/aromatic N) is 1. The predicted molar refractivity (Wildman–Crippen MR) is 72.4 cm³/mol. The summed E-state index contributed by atoms with van der Waals surface area (Å²) in [5, 5.41) is 12.4. The Kier molecular flexibility index (Phi) is 6.71. The first kappa shape index (κ1) is 16.4. The van der Waals surface area contributed by atoms with Crippen LogP contribution in [0.1, 0.15) is 19.3 Å². The van der Waals surface area contributed by atoms with Crippen molar-refractivity contribution in [1.82, 2.24) is 10.2 Å². The van der Waals surface area contributed by atoms with Crippen LogP contribution in [0.2, 0.25) is 0 Å². The standard InChI is InChI=1S/C13H26N2O4/c1-14-13(12(16)17)5-4-11(10-13)15(6-8-18-2)7-9-19-3/h11,14H,4-10H2,1-3H3,(H,16,17). The normalized spacial score (nSPS) is 27.1. The number of carboxylic acid groups (broad SMARTS) is 1. The molecule has 0 heterocycles. The minimum absolute atomic E-state index is 0.272. The van der Waals surface area contributed by atoms with Crippen molar-refractivity contribution in [3.05, 3.63) is 0 Å². The zero-order valence-electron chi connectivity index (χ0n) is 12.1. The molecule has 2 atom stereocenters. The van der Waals surface area contributed by atoms with Crippen LogP contribution in [0.5, 0.6) is 0 Å². The molecule has 6 heteroatoms. The highest BCUT2D eigenvalue weighted by Gasteiger charge is 2.45. The van der Waals surface area contributed by atoms with E-state index in [4.69, 9.17) is 9.47 Å². The molecule has 6 nitrogen and oxygen atoms in total. The number of aliphatic carboxylic acids is 1. The largest absolute Gasteiger partial charge is 0.480 e. The van der Waals surface area contributed by atoms with Gasteiger partial charge in [0.25, 0.3) is 0 Å². The van der Waals surface area contributed by atoms with Crippen molar-refractivity contribution in [2.45, 2.75) is 30.8 Å². The van der Waals surface area contributed by atoms with E-state index in [9.17, 15) is 9.90 Å². The lowest BCUT2D eigenvalue weighted by Crippen LogP contribution is -2.50. The van der Waals surface area contributed by atoms with Crippen molar-refractivity contribution in [2.75, 3.05) is 47.6 Å². The zero-order chi connectivity index (χ0) is 14.3. The summed E-state index contributed by atoms with van der Waals surface area (Å²) in [7, 11) is 5.09. The summed E-state index contributed by atoms with van der Waals surface area (Å²) in [5.74, 6) is -0.754. The van der Waals surface area contributed by atoms with Gasteiger partial charge in [0.05, 0.1) is 13.2 Å². The first-order valence-electron chi connectivity index (χ1n) is 6.74. The van der Waals surface area contributed by atoms with Gasteiger partial charge >= 0.3 is 5.97 Å². The fourth-order valence-corrected chi connectivity index (χ4v) is 2.75. The Morgan fingerprint density at radius 3 is 2.32 bits per heavy atom. The number of nitrogens with one attached hydrogen (secondary N) is 1. The molecular weight excluding hydrogens is 248 g/mol. The maximum atomic E-state index is 11.4. The van der Waals surface area contributed by atoms with Crippen molar-refractivity contribution < 1.29 is 19.4 Å². The van der Waals surface area contributed by atoms with Crippen LogP contribution in [0.15, 0.2) is 0 Å². The van der Waals surface area contributed by atoms with Gasteiger partial charge in [-0.2, -0.15) is 0 Å². The average molecular weight is 274 g/mol. The Morgan fingerprint density at radius 2 is 1.95 bits per heavy atom. The minimum Gasteiger partial charge on any atom is -0.480 e. The van der Waals surface area contributed by atoms with Gasteiger partial charge in [0.2, 0.25) is 0 Å². The second-order valence-corrected chi connectivity index (χ2v) is 5.06. The number of methoxy groups -OCH3 is 2. The molecule has 19 heavy (non-hydrogen) atoms. The molecule has 0 bridgehead atoms. The van der Waals surface area contributed by atoms with Crippen molar-refractivity contribution in [3.8, 4) is 0 Å². The van der Waals surface area contributed by atoms with E-state index in [0.29, 0.717) is 26.1 Å². The van der Waals surface area contributed by atoms with E-state index >= 15 is 0 Å². The summed E-state index contributed by atoms with van der Waals surface area (Å²) >= 11 is 0. The molecule has 1 aliphatic carbocycles. The molecule has 2 N–H and O–H groups in total. The van der Waals surface area contributed by atoms with E-state index < -0.39 is 11.5 Å². The monoisotopic (exact) mass is 274 g/mol. The number of ether oxygens (including phenoxy) is 2. The molecular formula is C13H26N2O4. The van der Waals surface area contributed by atoms with Crippen LogP contribution >= 0.6 is 0 Å². The fourth-order valence-electron chi connectivity index (χ4n) is 2.75. The van der Waals surface area contributed by atoms with E-state index in [-0.39, 0.29) is 6.04 Å². The molecule has 0 aromatic rings. The van der Waals surface area contributed by atoms with Gasteiger partial charge in [-0.15, -0.1) is 0 Å². The Balaban J connectivity index is 2.62. The van der Waals surface area contributed by atoms with Gasteiger partial charge in [-0.3, -0.25) is 9.69 Å². The van der Waals surface area contributed by atoms with E-state index in [1.165, 1.54) is 0 Å². The highest BCUT2D eigenvalue weighted by atomic mass is 16.5.